The van der Waals surface area contributed by atoms with Gasteiger partial charge < -0.3 is 19.0 Å². The van der Waals surface area contributed by atoms with Crippen LogP contribution in [0.3, 0.4) is 0 Å². The van der Waals surface area contributed by atoms with Gasteiger partial charge in [0.25, 0.3) is 0 Å². The highest BCUT2D eigenvalue weighted by Gasteiger charge is 2.68. The summed E-state index contributed by atoms with van der Waals surface area (Å²) in [6.45, 7) is 13.2. The largest absolute Gasteiger partial charge is 0.465 e. The SMILES string of the molecule is CC=C(C)C(=O)O[C@H]1c2occ(C)c2[C@@H](OC(=O)C=C(C)CC)[C@]2(C)[C@@H](C)CCC[C@]12O. The number of aryl methyl sites for hydroxylation is 1. The number of rotatable bonds is 5. The molecule has 0 amide bonds. The van der Waals surface area contributed by atoms with Crippen LogP contribution in [0, 0.1) is 18.3 Å². The van der Waals surface area contributed by atoms with Crippen LogP contribution in [0.4, 0.5) is 0 Å². The molecule has 1 saturated carbocycles. The van der Waals surface area contributed by atoms with Crippen molar-refractivity contribution in [1.82, 2.24) is 0 Å². The van der Waals surface area contributed by atoms with Crippen LogP contribution in [-0.4, -0.2) is 22.6 Å². The summed E-state index contributed by atoms with van der Waals surface area (Å²) >= 11 is 0. The van der Waals surface area contributed by atoms with Crippen molar-refractivity contribution in [3.63, 3.8) is 0 Å². The number of hydrogen-bond donors (Lipinski definition) is 1. The first-order chi connectivity index (χ1) is 15.0. The molecule has 2 aliphatic rings. The maximum absolute atomic E-state index is 12.8. The molecule has 0 radical (unpaired) electrons. The van der Waals surface area contributed by atoms with Crippen LogP contribution in [-0.2, 0) is 19.1 Å². The number of esters is 2. The third-order valence-electron chi connectivity index (χ3n) is 7.82. The molecule has 0 aliphatic heterocycles. The molecule has 6 heteroatoms. The molecule has 176 valence electrons. The number of carbonyl (C=O) groups excluding carboxylic acids is 2. The highest BCUT2D eigenvalue weighted by atomic mass is 16.6. The lowest BCUT2D eigenvalue weighted by Crippen LogP contribution is -2.62. The van der Waals surface area contributed by atoms with E-state index in [-0.39, 0.29) is 5.92 Å². The van der Waals surface area contributed by atoms with Crippen molar-refractivity contribution in [3.8, 4) is 0 Å². The molecule has 6 nitrogen and oxygen atoms in total. The van der Waals surface area contributed by atoms with E-state index in [4.69, 9.17) is 13.9 Å². The van der Waals surface area contributed by atoms with Crippen LogP contribution in [0.25, 0.3) is 0 Å². The molecule has 1 heterocycles. The molecule has 0 spiro atoms. The van der Waals surface area contributed by atoms with Gasteiger partial charge in [-0.3, -0.25) is 0 Å². The maximum Gasteiger partial charge on any atom is 0.334 e. The summed E-state index contributed by atoms with van der Waals surface area (Å²) in [6, 6.07) is 0. The third-order valence-corrected chi connectivity index (χ3v) is 7.82. The van der Waals surface area contributed by atoms with E-state index in [9.17, 15) is 14.7 Å². The molecule has 32 heavy (non-hydrogen) atoms. The van der Waals surface area contributed by atoms with Crippen molar-refractivity contribution >= 4 is 11.9 Å². The number of carbonyl (C=O) groups is 2. The van der Waals surface area contributed by atoms with Crippen molar-refractivity contribution in [2.75, 3.05) is 0 Å². The van der Waals surface area contributed by atoms with Crippen LogP contribution < -0.4 is 0 Å². The number of allylic oxidation sites excluding steroid dienone is 2. The molecular formula is C26H36O6. The lowest BCUT2D eigenvalue weighted by molar-refractivity contribution is -0.257. The normalized spacial score (nSPS) is 32.7. The zero-order valence-electron chi connectivity index (χ0n) is 20.3. The number of furan rings is 1. The molecule has 1 fully saturated rings. The molecule has 1 aromatic rings. The zero-order valence-corrected chi connectivity index (χ0v) is 20.3. The molecular weight excluding hydrogens is 408 g/mol. The quantitative estimate of drug-likeness (QED) is 0.466. The van der Waals surface area contributed by atoms with Gasteiger partial charge in [0, 0.05) is 22.6 Å². The van der Waals surface area contributed by atoms with E-state index >= 15 is 0 Å². The standard InChI is InChI=1S/C26H36O6/c1-8-15(3)13-19(27)31-22-20-17(5)14-30-21(20)23(32-24(28)16(4)9-2)26(29)12-10-11-18(6)25(22,26)7/h9,13-14,18,22-23,29H,8,10-12H2,1-7H3/t18-,22+,23-,25-,26-/m0/s1. The molecule has 0 saturated heterocycles. The van der Waals surface area contributed by atoms with E-state index < -0.39 is 35.2 Å². The van der Waals surface area contributed by atoms with Gasteiger partial charge in [0.2, 0.25) is 0 Å². The van der Waals surface area contributed by atoms with Crippen molar-refractivity contribution in [2.45, 2.75) is 92.0 Å². The summed E-state index contributed by atoms with van der Waals surface area (Å²) in [5.74, 6) is -0.560. The molecule has 2 aliphatic carbocycles. The van der Waals surface area contributed by atoms with Crippen LogP contribution in [0.2, 0.25) is 0 Å². The number of hydrogen-bond acceptors (Lipinski definition) is 6. The molecule has 0 bridgehead atoms. The second-order valence-corrected chi connectivity index (χ2v) is 9.62. The van der Waals surface area contributed by atoms with Crippen molar-refractivity contribution < 1.29 is 28.6 Å². The van der Waals surface area contributed by atoms with Crippen LogP contribution in [0.15, 0.2) is 34.0 Å². The van der Waals surface area contributed by atoms with Crippen molar-refractivity contribution in [2.24, 2.45) is 11.3 Å². The Labute approximate surface area is 190 Å². The van der Waals surface area contributed by atoms with Crippen molar-refractivity contribution in [3.05, 3.63) is 46.4 Å². The molecule has 1 aromatic heterocycles. The fourth-order valence-electron chi connectivity index (χ4n) is 5.21. The minimum Gasteiger partial charge on any atom is -0.465 e. The first-order valence-corrected chi connectivity index (χ1v) is 11.5. The average molecular weight is 445 g/mol. The summed E-state index contributed by atoms with van der Waals surface area (Å²) in [4.78, 5) is 25.6. The molecule has 0 unspecified atom stereocenters. The molecule has 3 rings (SSSR count). The monoisotopic (exact) mass is 444 g/mol. The van der Waals surface area contributed by atoms with Crippen LogP contribution in [0.5, 0.6) is 0 Å². The minimum atomic E-state index is -1.44. The molecule has 5 atom stereocenters. The lowest BCUT2D eigenvalue weighted by Gasteiger charge is -2.59. The highest BCUT2D eigenvalue weighted by molar-refractivity contribution is 5.88. The van der Waals surface area contributed by atoms with E-state index in [2.05, 4.69) is 6.92 Å². The lowest BCUT2D eigenvalue weighted by atomic mass is 9.50. The highest BCUT2D eigenvalue weighted by Crippen LogP contribution is 2.65. The Morgan fingerprint density at radius 3 is 2.59 bits per heavy atom. The van der Waals surface area contributed by atoms with E-state index in [1.807, 2.05) is 27.7 Å². The van der Waals surface area contributed by atoms with Crippen LogP contribution >= 0.6 is 0 Å². The maximum atomic E-state index is 12.8. The Hall–Kier alpha value is -2.34. The zero-order chi connectivity index (χ0) is 23.8. The van der Waals surface area contributed by atoms with E-state index in [0.717, 1.165) is 30.4 Å². The third kappa shape index (κ3) is 3.72. The summed E-state index contributed by atoms with van der Waals surface area (Å²) in [7, 11) is 0. The fraction of sp³-hybridized carbons (Fsp3) is 0.615. The van der Waals surface area contributed by atoms with E-state index in [1.165, 1.54) is 6.08 Å². The number of fused-ring (bicyclic) bond motifs is 2. The smallest absolute Gasteiger partial charge is 0.334 e. The van der Waals surface area contributed by atoms with Crippen LogP contribution in [0.1, 0.15) is 96.3 Å². The van der Waals surface area contributed by atoms with Gasteiger partial charge in [0.15, 0.2) is 11.9 Å². The van der Waals surface area contributed by atoms with Gasteiger partial charge in [-0.1, -0.05) is 38.8 Å². The minimum absolute atomic E-state index is 0.0155. The predicted molar refractivity (Wildman–Crippen MR) is 121 cm³/mol. The van der Waals surface area contributed by atoms with E-state index in [1.54, 1.807) is 26.2 Å². The summed E-state index contributed by atoms with van der Waals surface area (Å²) in [6.07, 6.45) is 5.87. The molecule has 1 N–H and O–H groups in total. The van der Waals surface area contributed by atoms with Gasteiger partial charge in [0.05, 0.1) is 6.26 Å². The average Bonchev–Trinajstić information content (AvgIpc) is 3.13. The second-order valence-electron chi connectivity index (χ2n) is 9.62. The Kier molecular flexibility index (Phi) is 6.75. The summed E-state index contributed by atoms with van der Waals surface area (Å²) in [5, 5.41) is 12.2. The summed E-state index contributed by atoms with van der Waals surface area (Å²) < 4.78 is 17.8. The second kappa shape index (κ2) is 8.89. The first-order valence-electron chi connectivity index (χ1n) is 11.5. The van der Waals surface area contributed by atoms with Gasteiger partial charge in [-0.2, -0.15) is 0 Å². The van der Waals surface area contributed by atoms with Crippen molar-refractivity contribution in [1.29, 1.82) is 0 Å². The first kappa shape index (κ1) is 24.3. The fourth-order valence-corrected chi connectivity index (χ4v) is 5.21. The molecule has 0 aromatic carbocycles. The van der Waals surface area contributed by atoms with Gasteiger partial charge in [-0.25, -0.2) is 9.59 Å². The Morgan fingerprint density at radius 2 is 1.97 bits per heavy atom. The Morgan fingerprint density at radius 1 is 1.28 bits per heavy atom. The topological polar surface area (TPSA) is 86.0 Å². The van der Waals surface area contributed by atoms with Gasteiger partial charge in [0.1, 0.15) is 11.7 Å². The predicted octanol–water partition coefficient (Wildman–Crippen LogP) is 5.65. The number of ether oxygens (including phenoxy) is 2. The summed E-state index contributed by atoms with van der Waals surface area (Å²) in [5.41, 5.74) is 0.556. The van der Waals surface area contributed by atoms with E-state index in [0.29, 0.717) is 23.3 Å². The van der Waals surface area contributed by atoms with Gasteiger partial charge in [-0.15, -0.1) is 0 Å². The Bertz CT molecular complexity index is 954. The Balaban J connectivity index is 2.18. The van der Waals surface area contributed by atoms with Gasteiger partial charge >= 0.3 is 11.9 Å². The van der Waals surface area contributed by atoms with Gasteiger partial charge in [-0.05, 0) is 58.4 Å². The number of aliphatic hydroxyl groups is 1.